The van der Waals surface area contributed by atoms with Gasteiger partial charge in [-0.3, -0.25) is 0 Å². The molecule has 2 heteroatoms. The van der Waals surface area contributed by atoms with Gasteiger partial charge in [-0.2, -0.15) is 5.26 Å². The molecule has 1 aromatic carbocycles. The molecule has 1 aromatic rings. The summed E-state index contributed by atoms with van der Waals surface area (Å²) in [5, 5.41) is 8.77. The molecule has 0 aliphatic carbocycles. The van der Waals surface area contributed by atoms with Crippen LogP contribution in [-0.2, 0) is 4.74 Å². The van der Waals surface area contributed by atoms with Crippen LogP contribution in [0.15, 0.2) is 30.3 Å². The quantitative estimate of drug-likeness (QED) is 0.650. The molecule has 1 rings (SSSR count). The Morgan fingerprint density at radius 3 is 2.62 bits per heavy atom. The third kappa shape index (κ3) is 4.46. The number of hydrogen-bond donors (Lipinski definition) is 0. The fourth-order valence-electron chi connectivity index (χ4n) is 1.60. The largest absolute Gasteiger partial charge is 0.372 e. The normalized spacial score (nSPS) is 12.0. The number of nitrogens with zero attached hydrogens (tertiary/aromatic N) is 1. The highest BCUT2D eigenvalue weighted by Gasteiger charge is 2.10. The molecular weight excluding hydrogens is 198 g/mol. The van der Waals surface area contributed by atoms with Crippen molar-refractivity contribution >= 4 is 0 Å². The highest BCUT2D eigenvalue weighted by molar-refractivity contribution is 5.18. The van der Waals surface area contributed by atoms with E-state index in [9.17, 15) is 0 Å². The third-order valence-corrected chi connectivity index (χ3v) is 2.51. The molecule has 1 unspecified atom stereocenters. The monoisotopic (exact) mass is 217 g/mol. The zero-order valence-corrected chi connectivity index (χ0v) is 9.86. The van der Waals surface area contributed by atoms with Gasteiger partial charge in [-0.05, 0) is 12.0 Å². The first-order chi connectivity index (χ1) is 7.88. The second-order valence-electron chi connectivity index (χ2n) is 3.84. The first-order valence-electron chi connectivity index (χ1n) is 5.92. The van der Waals surface area contributed by atoms with E-state index >= 15 is 0 Å². The Hall–Kier alpha value is -1.33. The highest BCUT2D eigenvalue weighted by atomic mass is 16.5. The zero-order valence-electron chi connectivity index (χ0n) is 9.86. The van der Waals surface area contributed by atoms with E-state index in [1.165, 1.54) is 12.8 Å². The summed E-state index contributed by atoms with van der Waals surface area (Å²) < 4.78 is 5.75. The van der Waals surface area contributed by atoms with Gasteiger partial charge in [0.1, 0.15) is 0 Å². The third-order valence-electron chi connectivity index (χ3n) is 2.51. The van der Waals surface area contributed by atoms with E-state index in [1.54, 1.807) is 0 Å². The Bertz CT molecular complexity index is 315. The Morgan fingerprint density at radius 1 is 1.25 bits per heavy atom. The average molecular weight is 217 g/mol. The van der Waals surface area contributed by atoms with Crippen molar-refractivity contribution in [3.05, 3.63) is 35.9 Å². The summed E-state index contributed by atoms with van der Waals surface area (Å²) >= 11 is 0. The summed E-state index contributed by atoms with van der Waals surface area (Å²) in [7, 11) is 0. The Morgan fingerprint density at radius 2 is 2.00 bits per heavy atom. The second-order valence-corrected chi connectivity index (χ2v) is 3.84. The molecule has 0 N–H and O–H groups in total. The molecule has 2 nitrogen and oxygen atoms in total. The van der Waals surface area contributed by atoms with E-state index in [4.69, 9.17) is 10.00 Å². The SMILES string of the molecule is CCCCCOC(CC#N)c1ccccc1. The molecule has 1 atom stereocenters. The molecule has 0 amide bonds. The van der Waals surface area contributed by atoms with Crippen LogP contribution >= 0.6 is 0 Å². The van der Waals surface area contributed by atoms with Crippen LogP contribution in [0.4, 0.5) is 0 Å². The molecule has 16 heavy (non-hydrogen) atoms. The maximum absolute atomic E-state index is 8.77. The van der Waals surface area contributed by atoms with Crippen LogP contribution in [0.2, 0.25) is 0 Å². The van der Waals surface area contributed by atoms with Crippen LogP contribution in [0, 0.1) is 11.3 Å². The van der Waals surface area contributed by atoms with Gasteiger partial charge in [0.25, 0.3) is 0 Å². The lowest BCUT2D eigenvalue weighted by Gasteiger charge is -2.15. The van der Waals surface area contributed by atoms with Crippen LogP contribution in [0.1, 0.15) is 44.3 Å². The molecule has 0 saturated heterocycles. The number of unbranched alkanes of at least 4 members (excludes halogenated alkanes) is 2. The van der Waals surface area contributed by atoms with Gasteiger partial charge in [0.05, 0.1) is 18.6 Å². The van der Waals surface area contributed by atoms with Crippen molar-refractivity contribution < 1.29 is 4.74 Å². The fraction of sp³-hybridized carbons (Fsp3) is 0.500. The van der Waals surface area contributed by atoms with Crippen LogP contribution in [-0.4, -0.2) is 6.61 Å². The lowest BCUT2D eigenvalue weighted by atomic mass is 10.1. The Kier molecular flexibility index (Phi) is 6.29. The molecule has 0 radical (unpaired) electrons. The molecule has 0 fully saturated rings. The first-order valence-corrected chi connectivity index (χ1v) is 5.92. The predicted molar refractivity (Wildman–Crippen MR) is 64.9 cm³/mol. The highest BCUT2D eigenvalue weighted by Crippen LogP contribution is 2.20. The minimum atomic E-state index is -0.0666. The average Bonchev–Trinajstić information content (AvgIpc) is 2.34. The van der Waals surface area contributed by atoms with Gasteiger partial charge >= 0.3 is 0 Å². The number of nitriles is 1. The maximum Gasteiger partial charge on any atom is 0.0954 e. The minimum Gasteiger partial charge on any atom is -0.372 e. The van der Waals surface area contributed by atoms with Gasteiger partial charge in [-0.25, -0.2) is 0 Å². The van der Waals surface area contributed by atoms with Gasteiger partial charge in [0.2, 0.25) is 0 Å². The zero-order chi connectivity index (χ0) is 11.6. The summed E-state index contributed by atoms with van der Waals surface area (Å²) in [5.74, 6) is 0. The van der Waals surface area contributed by atoms with Crippen LogP contribution in [0.25, 0.3) is 0 Å². The summed E-state index contributed by atoms with van der Waals surface area (Å²) in [6.07, 6.45) is 3.82. The lowest BCUT2D eigenvalue weighted by Crippen LogP contribution is -2.05. The van der Waals surface area contributed by atoms with E-state index < -0.39 is 0 Å². The van der Waals surface area contributed by atoms with Crippen LogP contribution < -0.4 is 0 Å². The smallest absolute Gasteiger partial charge is 0.0954 e. The molecule has 0 spiro atoms. The number of benzene rings is 1. The van der Waals surface area contributed by atoms with E-state index in [1.807, 2.05) is 30.3 Å². The van der Waals surface area contributed by atoms with Crippen LogP contribution in [0.3, 0.4) is 0 Å². The second kappa shape index (κ2) is 7.90. The van der Waals surface area contributed by atoms with E-state index in [-0.39, 0.29) is 6.10 Å². The lowest BCUT2D eigenvalue weighted by molar-refractivity contribution is 0.0532. The molecule has 0 saturated carbocycles. The molecule has 0 aliphatic rings. The van der Waals surface area contributed by atoms with Gasteiger partial charge in [-0.1, -0.05) is 50.1 Å². The Balaban J connectivity index is 2.45. The fourth-order valence-corrected chi connectivity index (χ4v) is 1.60. The van der Waals surface area contributed by atoms with Gasteiger partial charge in [0.15, 0.2) is 0 Å². The minimum absolute atomic E-state index is 0.0666. The molecule has 86 valence electrons. The van der Waals surface area contributed by atoms with Crippen molar-refractivity contribution in [3.8, 4) is 6.07 Å². The summed E-state index contributed by atoms with van der Waals surface area (Å²) in [6, 6.07) is 12.2. The van der Waals surface area contributed by atoms with Crippen LogP contribution in [0.5, 0.6) is 0 Å². The Labute approximate surface area is 97.9 Å². The summed E-state index contributed by atoms with van der Waals surface area (Å²) in [4.78, 5) is 0. The van der Waals surface area contributed by atoms with Gasteiger partial charge in [-0.15, -0.1) is 0 Å². The maximum atomic E-state index is 8.77. The standard InChI is InChI=1S/C14H19NO/c1-2-3-7-12-16-14(10-11-15)13-8-5-4-6-9-13/h4-6,8-9,14H,2-3,7,10,12H2,1H3. The van der Waals surface area contributed by atoms with E-state index in [0.717, 1.165) is 18.6 Å². The number of rotatable bonds is 7. The first kappa shape index (κ1) is 12.7. The molecular formula is C14H19NO. The van der Waals surface area contributed by atoms with Crippen molar-refractivity contribution in [2.75, 3.05) is 6.61 Å². The van der Waals surface area contributed by atoms with Crippen molar-refractivity contribution in [1.29, 1.82) is 5.26 Å². The van der Waals surface area contributed by atoms with E-state index in [0.29, 0.717) is 6.42 Å². The van der Waals surface area contributed by atoms with Gasteiger partial charge < -0.3 is 4.74 Å². The number of hydrogen-bond acceptors (Lipinski definition) is 2. The summed E-state index contributed by atoms with van der Waals surface area (Å²) in [6.45, 7) is 2.92. The van der Waals surface area contributed by atoms with Gasteiger partial charge in [0, 0.05) is 6.61 Å². The van der Waals surface area contributed by atoms with Crippen molar-refractivity contribution in [2.24, 2.45) is 0 Å². The molecule has 0 heterocycles. The molecule has 0 aromatic heterocycles. The number of ether oxygens (including phenoxy) is 1. The van der Waals surface area contributed by atoms with E-state index in [2.05, 4.69) is 13.0 Å². The molecule has 0 bridgehead atoms. The topological polar surface area (TPSA) is 33.0 Å². The predicted octanol–water partition coefficient (Wildman–Crippen LogP) is 3.85. The molecule has 0 aliphatic heterocycles. The van der Waals surface area contributed by atoms with Crippen molar-refractivity contribution in [2.45, 2.75) is 38.7 Å². The summed E-state index contributed by atoms with van der Waals surface area (Å²) in [5.41, 5.74) is 1.10. The van der Waals surface area contributed by atoms with Crippen molar-refractivity contribution in [1.82, 2.24) is 0 Å². The van der Waals surface area contributed by atoms with Crippen molar-refractivity contribution in [3.63, 3.8) is 0 Å².